The maximum Gasteiger partial charge on any atom is 0.132 e. The summed E-state index contributed by atoms with van der Waals surface area (Å²) in [7, 11) is 0. The van der Waals surface area contributed by atoms with Crippen molar-refractivity contribution in [3.05, 3.63) is 84.4 Å². The maximum atomic E-state index is 6.05. The third-order valence-corrected chi connectivity index (χ3v) is 3.88. The zero-order valence-electron chi connectivity index (χ0n) is 13.9. The van der Waals surface area contributed by atoms with Crippen LogP contribution in [0.3, 0.4) is 0 Å². The van der Waals surface area contributed by atoms with Crippen LogP contribution in [0.15, 0.2) is 73.2 Å². The molecule has 1 aromatic heterocycles. The molecular formula is C20H21N3O. The average Bonchev–Trinajstić information content (AvgIpc) is 2.63. The van der Waals surface area contributed by atoms with Gasteiger partial charge in [0.15, 0.2) is 0 Å². The minimum Gasteiger partial charge on any atom is -0.457 e. The number of nitrogens with one attached hydrogen (secondary N) is 1. The highest BCUT2D eigenvalue weighted by atomic mass is 16.5. The molecule has 0 spiro atoms. The molecule has 0 radical (unpaired) electrons. The Hall–Kier alpha value is -2.72. The molecule has 2 unspecified atom stereocenters. The first kappa shape index (κ1) is 16.1. The van der Waals surface area contributed by atoms with E-state index in [0.717, 1.165) is 22.8 Å². The second-order valence-electron chi connectivity index (χ2n) is 5.69. The maximum absolute atomic E-state index is 6.05. The minimum atomic E-state index is 0.0958. The van der Waals surface area contributed by atoms with E-state index in [9.17, 15) is 0 Å². The van der Waals surface area contributed by atoms with Crippen LogP contribution < -0.4 is 10.1 Å². The topological polar surface area (TPSA) is 47.0 Å². The predicted molar refractivity (Wildman–Crippen MR) is 95.0 cm³/mol. The van der Waals surface area contributed by atoms with Gasteiger partial charge in [-0.1, -0.05) is 36.4 Å². The number of aromatic nitrogens is 2. The van der Waals surface area contributed by atoms with Gasteiger partial charge in [0.1, 0.15) is 11.5 Å². The molecule has 3 aromatic rings. The standard InChI is InChI=1S/C20H21N3O/c1-15(23-16(2)19-14-21-12-13-22-19)18-10-6-7-11-20(18)24-17-8-4-3-5-9-17/h3-16,23H,1-2H3. The van der Waals surface area contributed by atoms with Gasteiger partial charge in [0.25, 0.3) is 0 Å². The Morgan fingerprint density at radius 2 is 1.62 bits per heavy atom. The van der Waals surface area contributed by atoms with E-state index < -0.39 is 0 Å². The highest BCUT2D eigenvalue weighted by Crippen LogP contribution is 2.30. The summed E-state index contributed by atoms with van der Waals surface area (Å²) in [6.45, 7) is 4.21. The lowest BCUT2D eigenvalue weighted by atomic mass is 10.1. The molecule has 0 saturated carbocycles. The van der Waals surface area contributed by atoms with E-state index in [4.69, 9.17) is 4.74 Å². The molecule has 1 N–H and O–H groups in total. The van der Waals surface area contributed by atoms with Crippen LogP contribution in [0.2, 0.25) is 0 Å². The first-order chi connectivity index (χ1) is 11.7. The van der Waals surface area contributed by atoms with E-state index in [1.807, 2.05) is 48.5 Å². The summed E-state index contributed by atoms with van der Waals surface area (Å²) in [5, 5.41) is 3.56. The molecule has 0 bridgehead atoms. The molecule has 0 aliphatic carbocycles. The zero-order valence-corrected chi connectivity index (χ0v) is 13.9. The van der Waals surface area contributed by atoms with Crippen LogP contribution in [-0.2, 0) is 0 Å². The zero-order chi connectivity index (χ0) is 16.8. The van der Waals surface area contributed by atoms with Crippen molar-refractivity contribution in [1.82, 2.24) is 15.3 Å². The van der Waals surface area contributed by atoms with Crippen molar-refractivity contribution >= 4 is 0 Å². The Morgan fingerprint density at radius 3 is 2.38 bits per heavy atom. The van der Waals surface area contributed by atoms with Crippen molar-refractivity contribution in [2.75, 3.05) is 0 Å². The van der Waals surface area contributed by atoms with E-state index in [2.05, 4.69) is 35.2 Å². The van der Waals surface area contributed by atoms with E-state index in [0.29, 0.717) is 0 Å². The number of hydrogen-bond donors (Lipinski definition) is 1. The van der Waals surface area contributed by atoms with Crippen LogP contribution in [0, 0.1) is 0 Å². The first-order valence-corrected chi connectivity index (χ1v) is 8.08. The van der Waals surface area contributed by atoms with Gasteiger partial charge in [-0.05, 0) is 32.0 Å². The van der Waals surface area contributed by atoms with Gasteiger partial charge in [-0.3, -0.25) is 9.97 Å². The molecule has 2 aromatic carbocycles. The van der Waals surface area contributed by atoms with Crippen molar-refractivity contribution < 1.29 is 4.74 Å². The second kappa shape index (κ2) is 7.70. The van der Waals surface area contributed by atoms with E-state index in [-0.39, 0.29) is 12.1 Å². The fourth-order valence-electron chi connectivity index (χ4n) is 2.63. The summed E-state index contributed by atoms with van der Waals surface area (Å²) in [6.07, 6.45) is 5.18. The van der Waals surface area contributed by atoms with E-state index in [1.54, 1.807) is 18.6 Å². The summed E-state index contributed by atoms with van der Waals surface area (Å²) in [5.41, 5.74) is 2.03. The Bertz CT molecular complexity index is 762. The van der Waals surface area contributed by atoms with Crippen LogP contribution in [0.5, 0.6) is 11.5 Å². The summed E-state index contributed by atoms with van der Waals surface area (Å²) < 4.78 is 6.05. The smallest absolute Gasteiger partial charge is 0.132 e. The first-order valence-electron chi connectivity index (χ1n) is 8.08. The highest BCUT2D eigenvalue weighted by Gasteiger charge is 2.16. The van der Waals surface area contributed by atoms with Gasteiger partial charge >= 0.3 is 0 Å². The molecule has 122 valence electrons. The lowest BCUT2D eigenvalue weighted by Gasteiger charge is -2.22. The third kappa shape index (κ3) is 3.97. The Balaban J connectivity index is 1.76. The van der Waals surface area contributed by atoms with Crippen molar-refractivity contribution in [3.8, 4) is 11.5 Å². The lowest BCUT2D eigenvalue weighted by molar-refractivity contribution is 0.442. The summed E-state index contributed by atoms with van der Waals surface area (Å²) in [6, 6.07) is 18.1. The van der Waals surface area contributed by atoms with Gasteiger partial charge in [-0.15, -0.1) is 0 Å². The molecular weight excluding hydrogens is 298 g/mol. The monoisotopic (exact) mass is 319 g/mol. The Kier molecular flexibility index (Phi) is 5.18. The van der Waals surface area contributed by atoms with Gasteiger partial charge in [0, 0.05) is 36.2 Å². The highest BCUT2D eigenvalue weighted by molar-refractivity contribution is 5.39. The average molecular weight is 319 g/mol. The fraction of sp³-hybridized carbons (Fsp3) is 0.200. The molecule has 3 rings (SSSR count). The molecule has 0 fully saturated rings. The Morgan fingerprint density at radius 1 is 0.875 bits per heavy atom. The molecule has 24 heavy (non-hydrogen) atoms. The van der Waals surface area contributed by atoms with Crippen molar-refractivity contribution in [1.29, 1.82) is 0 Å². The number of para-hydroxylation sites is 2. The van der Waals surface area contributed by atoms with E-state index >= 15 is 0 Å². The number of rotatable bonds is 6. The van der Waals surface area contributed by atoms with E-state index in [1.165, 1.54) is 0 Å². The van der Waals surface area contributed by atoms with Gasteiger partial charge < -0.3 is 10.1 Å². The van der Waals surface area contributed by atoms with Gasteiger partial charge in [-0.25, -0.2) is 0 Å². The second-order valence-corrected chi connectivity index (χ2v) is 5.69. The molecule has 0 aliphatic heterocycles. The van der Waals surface area contributed by atoms with Crippen LogP contribution in [0.1, 0.15) is 37.2 Å². The van der Waals surface area contributed by atoms with Crippen molar-refractivity contribution in [2.24, 2.45) is 0 Å². The largest absolute Gasteiger partial charge is 0.457 e. The number of hydrogen-bond acceptors (Lipinski definition) is 4. The molecule has 0 saturated heterocycles. The molecule has 4 nitrogen and oxygen atoms in total. The van der Waals surface area contributed by atoms with Crippen LogP contribution in [0.25, 0.3) is 0 Å². The molecule has 0 amide bonds. The molecule has 0 aliphatic rings. The van der Waals surface area contributed by atoms with Crippen LogP contribution >= 0.6 is 0 Å². The van der Waals surface area contributed by atoms with Gasteiger partial charge in [0.05, 0.1) is 5.69 Å². The SMILES string of the molecule is CC(NC(C)c1ccccc1Oc1ccccc1)c1cnccn1. The molecule has 1 heterocycles. The summed E-state index contributed by atoms with van der Waals surface area (Å²) in [4.78, 5) is 8.49. The number of nitrogens with zero attached hydrogens (tertiary/aromatic N) is 2. The van der Waals surface area contributed by atoms with Gasteiger partial charge in [-0.2, -0.15) is 0 Å². The third-order valence-electron chi connectivity index (χ3n) is 3.88. The molecule has 4 heteroatoms. The summed E-state index contributed by atoms with van der Waals surface area (Å²) in [5.74, 6) is 1.69. The van der Waals surface area contributed by atoms with Crippen LogP contribution in [-0.4, -0.2) is 9.97 Å². The predicted octanol–water partition coefficient (Wildman–Crippen LogP) is 4.68. The van der Waals surface area contributed by atoms with Gasteiger partial charge in [0.2, 0.25) is 0 Å². The summed E-state index contributed by atoms with van der Waals surface area (Å²) >= 11 is 0. The fourth-order valence-corrected chi connectivity index (χ4v) is 2.63. The number of benzene rings is 2. The number of ether oxygens (including phenoxy) is 1. The minimum absolute atomic E-state index is 0.0958. The lowest BCUT2D eigenvalue weighted by Crippen LogP contribution is -2.23. The van der Waals surface area contributed by atoms with Crippen molar-refractivity contribution in [3.63, 3.8) is 0 Å². The van der Waals surface area contributed by atoms with Crippen LogP contribution in [0.4, 0.5) is 0 Å². The van der Waals surface area contributed by atoms with Crippen molar-refractivity contribution in [2.45, 2.75) is 25.9 Å². The normalized spacial score (nSPS) is 13.2. The Labute approximate surface area is 142 Å². The quantitative estimate of drug-likeness (QED) is 0.716. The molecule has 2 atom stereocenters.